The van der Waals surface area contributed by atoms with E-state index in [4.69, 9.17) is 0 Å². The van der Waals surface area contributed by atoms with Crippen LogP contribution in [0.5, 0.6) is 0 Å². The molecule has 1 N–H and O–H groups in total. The molecular formula is C16H28N2O2. The minimum Gasteiger partial charge on any atom is -0.314 e. The Labute approximate surface area is 122 Å². The second kappa shape index (κ2) is 5.84. The maximum Gasteiger partial charge on any atom is 0.236 e. The summed E-state index contributed by atoms with van der Waals surface area (Å²) in [6.45, 7) is 9.13. The van der Waals surface area contributed by atoms with Crippen LogP contribution in [0.3, 0.4) is 0 Å². The summed E-state index contributed by atoms with van der Waals surface area (Å²) in [5.74, 6) is 0.310. The maximum absolute atomic E-state index is 12.7. The number of hydrogen-bond acceptors (Lipinski definition) is 3. The first-order chi connectivity index (χ1) is 9.40. The quantitative estimate of drug-likeness (QED) is 0.804. The summed E-state index contributed by atoms with van der Waals surface area (Å²) in [6.07, 6.45) is 4.41. The van der Waals surface area contributed by atoms with Crippen LogP contribution in [0.15, 0.2) is 0 Å². The number of rotatable bonds is 4. The third kappa shape index (κ3) is 2.62. The van der Waals surface area contributed by atoms with Gasteiger partial charge in [-0.2, -0.15) is 0 Å². The van der Waals surface area contributed by atoms with Gasteiger partial charge in [-0.25, -0.2) is 0 Å². The lowest BCUT2D eigenvalue weighted by atomic mass is 9.77. The van der Waals surface area contributed by atoms with E-state index in [-0.39, 0.29) is 23.8 Å². The highest BCUT2D eigenvalue weighted by molar-refractivity contribution is 6.06. The average Bonchev–Trinajstić information content (AvgIpc) is 2.63. The molecule has 2 amide bonds. The largest absolute Gasteiger partial charge is 0.314 e. The molecule has 1 saturated carbocycles. The van der Waals surface area contributed by atoms with Crippen molar-refractivity contribution in [3.8, 4) is 0 Å². The van der Waals surface area contributed by atoms with E-state index in [1.54, 1.807) is 4.90 Å². The normalized spacial score (nSPS) is 35.1. The first-order valence-corrected chi connectivity index (χ1v) is 8.00. The van der Waals surface area contributed by atoms with Crippen molar-refractivity contribution in [3.05, 3.63) is 0 Å². The van der Waals surface area contributed by atoms with Gasteiger partial charge < -0.3 is 5.32 Å². The van der Waals surface area contributed by atoms with Crippen LogP contribution in [-0.4, -0.2) is 35.3 Å². The van der Waals surface area contributed by atoms with Crippen molar-refractivity contribution in [2.75, 3.05) is 6.54 Å². The van der Waals surface area contributed by atoms with Crippen molar-refractivity contribution < 1.29 is 9.59 Å². The third-order valence-electron chi connectivity index (χ3n) is 5.32. The van der Waals surface area contributed by atoms with Crippen molar-refractivity contribution in [2.24, 2.45) is 11.3 Å². The van der Waals surface area contributed by atoms with Crippen molar-refractivity contribution in [1.82, 2.24) is 10.2 Å². The fourth-order valence-corrected chi connectivity index (χ4v) is 3.51. The number of carbonyl (C=O) groups excluding carboxylic acids is 2. The van der Waals surface area contributed by atoms with Crippen molar-refractivity contribution in [3.63, 3.8) is 0 Å². The molecule has 1 aliphatic heterocycles. The van der Waals surface area contributed by atoms with Gasteiger partial charge in [0.25, 0.3) is 0 Å². The zero-order valence-electron chi connectivity index (χ0n) is 13.2. The monoisotopic (exact) mass is 280 g/mol. The Morgan fingerprint density at radius 1 is 1.25 bits per heavy atom. The van der Waals surface area contributed by atoms with Crippen LogP contribution in [0.25, 0.3) is 0 Å². The van der Waals surface area contributed by atoms with Gasteiger partial charge in [-0.15, -0.1) is 0 Å². The molecular weight excluding hydrogens is 252 g/mol. The van der Waals surface area contributed by atoms with E-state index in [0.29, 0.717) is 12.5 Å². The lowest BCUT2D eigenvalue weighted by Crippen LogP contribution is -2.46. The van der Waals surface area contributed by atoms with E-state index in [1.807, 2.05) is 20.8 Å². The molecule has 2 aliphatic rings. The van der Waals surface area contributed by atoms with Gasteiger partial charge in [0, 0.05) is 18.5 Å². The molecule has 0 radical (unpaired) electrons. The summed E-state index contributed by atoms with van der Waals surface area (Å²) in [4.78, 5) is 26.6. The minimum atomic E-state index is -0.490. The Hall–Kier alpha value is -0.900. The molecule has 0 aromatic heterocycles. The molecule has 2 fully saturated rings. The van der Waals surface area contributed by atoms with Gasteiger partial charge in [0.05, 0.1) is 5.41 Å². The van der Waals surface area contributed by atoms with Crippen LogP contribution in [0.4, 0.5) is 0 Å². The van der Waals surface area contributed by atoms with Crippen LogP contribution in [0.2, 0.25) is 0 Å². The fourth-order valence-electron chi connectivity index (χ4n) is 3.51. The summed E-state index contributed by atoms with van der Waals surface area (Å²) in [5, 5.41) is 3.46. The molecule has 1 unspecified atom stereocenters. The van der Waals surface area contributed by atoms with E-state index in [1.165, 1.54) is 0 Å². The van der Waals surface area contributed by atoms with E-state index >= 15 is 0 Å². The molecule has 114 valence electrons. The topological polar surface area (TPSA) is 49.4 Å². The summed E-state index contributed by atoms with van der Waals surface area (Å²) in [5.41, 5.74) is -0.490. The molecule has 1 aliphatic carbocycles. The standard InChI is InChI=1S/C16H28N2O2/c1-5-17-12-6-8-13(9-7-12)18-14(19)10-16(4,11(2)3)15(18)20/h11-13,17H,5-10H2,1-4H3. The van der Waals surface area contributed by atoms with Crippen molar-refractivity contribution in [1.29, 1.82) is 0 Å². The lowest BCUT2D eigenvalue weighted by molar-refractivity contribution is -0.145. The second-order valence-corrected chi connectivity index (χ2v) is 6.88. The average molecular weight is 280 g/mol. The van der Waals surface area contributed by atoms with E-state index in [2.05, 4.69) is 12.2 Å². The smallest absolute Gasteiger partial charge is 0.236 e. The molecule has 0 bridgehead atoms. The van der Waals surface area contributed by atoms with Gasteiger partial charge in [-0.05, 0) is 45.1 Å². The molecule has 0 spiro atoms. The molecule has 1 heterocycles. The van der Waals surface area contributed by atoms with Gasteiger partial charge in [-0.1, -0.05) is 20.8 Å². The highest BCUT2D eigenvalue weighted by Crippen LogP contribution is 2.41. The second-order valence-electron chi connectivity index (χ2n) is 6.88. The SMILES string of the molecule is CCNC1CCC(N2C(=O)CC(C)(C(C)C)C2=O)CC1. The lowest BCUT2D eigenvalue weighted by Gasteiger charge is -2.35. The Bertz CT molecular complexity index is 386. The van der Waals surface area contributed by atoms with Gasteiger partial charge in [0.15, 0.2) is 0 Å². The van der Waals surface area contributed by atoms with Crippen LogP contribution in [0, 0.1) is 11.3 Å². The predicted molar refractivity (Wildman–Crippen MR) is 79.1 cm³/mol. The Morgan fingerprint density at radius 3 is 2.30 bits per heavy atom. The van der Waals surface area contributed by atoms with Gasteiger partial charge in [0.2, 0.25) is 11.8 Å². The van der Waals surface area contributed by atoms with Gasteiger partial charge in [-0.3, -0.25) is 14.5 Å². The number of likely N-dealkylation sites (tertiary alicyclic amines) is 1. The molecule has 0 aromatic carbocycles. The fraction of sp³-hybridized carbons (Fsp3) is 0.875. The number of nitrogens with zero attached hydrogens (tertiary/aromatic N) is 1. The van der Waals surface area contributed by atoms with Gasteiger partial charge >= 0.3 is 0 Å². The third-order valence-corrected chi connectivity index (χ3v) is 5.32. The molecule has 0 aromatic rings. The minimum absolute atomic E-state index is 0.0399. The van der Waals surface area contributed by atoms with E-state index < -0.39 is 5.41 Å². The Balaban J connectivity index is 2.04. The zero-order chi connectivity index (χ0) is 14.9. The number of hydrogen-bond donors (Lipinski definition) is 1. The molecule has 4 nitrogen and oxygen atoms in total. The molecule has 1 saturated heterocycles. The number of imide groups is 1. The maximum atomic E-state index is 12.7. The van der Waals surface area contributed by atoms with Crippen LogP contribution >= 0.6 is 0 Å². The van der Waals surface area contributed by atoms with Crippen LogP contribution < -0.4 is 5.32 Å². The van der Waals surface area contributed by atoms with Crippen molar-refractivity contribution in [2.45, 2.75) is 71.9 Å². The van der Waals surface area contributed by atoms with Crippen molar-refractivity contribution >= 4 is 11.8 Å². The summed E-state index contributed by atoms with van der Waals surface area (Å²) in [7, 11) is 0. The number of nitrogens with one attached hydrogen (secondary N) is 1. The molecule has 1 atom stereocenters. The number of carbonyl (C=O) groups is 2. The Kier molecular flexibility index (Phi) is 4.52. The summed E-state index contributed by atoms with van der Waals surface area (Å²) in [6, 6.07) is 0.686. The first-order valence-electron chi connectivity index (χ1n) is 8.00. The molecule has 20 heavy (non-hydrogen) atoms. The number of amides is 2. The summed E-state index contributed by atoms with van der Waals surface area (Å²) < 4.78 is 0. The first kappa shape index (κ1) is 15.5. The molecule has 2 rings (SSSR count). The highest BCUT2D eigenvalue weighted by Gasteiger charge is 2.52. The predicted octanol–water partition coefficient (Wildman–Crippen LogP) is 2.33. The zero-order valence-corrected chi connectivity index (χ0v) is 13.2. The molecule has 4 heteroatoms. The van der Waals surface area contributed by atoms with E-state index in [0.717, 1.165) is 32.2 Å². The van der Waals surface area contributed by atoms with Crippen LogP contribution in [0.1, 0.15) is 59.8 Å². The highest BCUT2D eigenvalue weighted by atomic mass is 16.2. The van der Waals surface area contributed by atoms with Crippen LogP contribution in [-0.2, 0) is 9.59 Å². The Morgan fingerprint density at radius 2 is 1.85 bits per heavy atom. The summed E-state index contributed by atoms with van der Waals surface area (Å²) >= 11 is 0. The van der Waals surface area contributed by atoms with E-state index in [9.17, 15) is 9.59 Å². The van der Waals surface area contributed by atoms with Gasteiger partial charge in [0.1, 0.15) is 0 Å².